The van der Waals surface area contributed by atoms with Gasteiger partial charge in [-0.05, 0) is 25.0 Å². The third kappa shape index (κ3) is 2.89. The predicted octanol–water partition coefficient (Wildman–Crippen LogP) is 3.99. The van der Waals surface area contributed by atoms with Gasteiger partial charge in [-0.1, -0.05) is 43.8 Å². The second-order valence-corrected chi connectivity index (χ2v) is 5.65. The van der Waals surface area contributed by atoms with Crippen LogP contribution in [0.1, 0.15) is 43.0 Å². The minimum Gasteiger partial charge on any atom is -0.325 e. The van der Waals surface area contributed by atoms with E-state index in [1.807, 2.05) is 29.7 Å². The Morgan fingerprint density at radius 2 is 2.00 bits per heavy atom. The number of carbonyl (C=O) groups is 1. The summed E-state index contributed by atoms with van der Waals surface area (Å²) in [4.78, 5) is 16.7. The number of imidazole rings is 1. The summed E-state index contributed by atoms with van der Waals surface area (Å²) in [5, 5.41) is 0.935. The topological polar surface area (TPSA) is 34.9 Å². The molecule has 0 aliphatic rings. The average molecular weight is 274 g/mol. The molecule has 0 saturated carbocycles. The Kier molecular flexibility index (Phi) is 4.43. The molecule has 0 atom stereocenters. The fourth-order valence-corrected chi connectivity index (χ4v) is 3.22. The van der Waals surface area contributed by atoms with Crippen LogP contribution in [0.25, 0.3) is 0 Å². The minimum absolute atomic E-state index is 0.340. The molecule has 19 heavy (non-hydrogen) atoms. The van der Waals surface area contributed by atoms with Crippen molar-refractivity contribution in [1.82, 2.24) is 9.55 Å². The first-order valence-corrected chi connectivity index (χ1v) is 7.27. The van der Waals surface area contributed by atoms with E-state index < -0.39 is 0 Å². The lowest BCUT2D eigenvalue weighted by molar-refractivity contribution is 0.111. The molecule has 1 heterocycles. The van der Waals surface area contributed by atoms with E-state index in [9.17, 15) is 4.79 Å². The Hall–Kier alpha value is -1.55. The summed E-state index contributed by atoms with van der Waals surface area (Å²) >= 11 is 1.62. The van der Waals surface area contributed by atoms with Gasteiger partial charge in [0.25, 0.3) is 0 Å². The SMILES string of the molecule is CCn1c(C=O)nc(Sc2ccccc2)c1C(C)C. The van der Waals surface area contributed by atoms with E-state index in [2.05, 4.69) is 31.0 Å². The molecule has 0 N–H and O–H groups in total. The first kappa shape index (κ1) is 13.9. The zero-order chi connectivity index (χ0) is 13.8. The lowest BCUT2D eigenvalue weighted by atomic mass is 10.1. The van der Waals surface area contributed by atoms with E-state index in [0.717, 1.165) is 28.4 Å². The molecule has 0 aliphatic carbocycles. The highest BCUT2D eigenvalue weighted by Crippen LogP contribution is 2.33. The van der Waals surface area contributed by atoms with E-state index in [4.69, 9.17) is 0 Å². The van der Waals surface area contributed by atoms with E-state index in [0.29, 0.717) is 11.7 Å². The quantitative estimate of drug-likeness (QED) is 0.773. The number of aromatic nitrogens is 2. The molecule has 100 valence electrons. The van der Waals surface area contributed by atoms with E-state index >= 15 is 0 Å². The second-order valence-electron chi connectivity index (χ2n) is 4.59. The van der Waals surface area contributed by atoms with Crippen molar-refractivity contribution in [3.05, 3.63) is 41.9 Å². The summed E-state index contributed by atoms with van der Waals surface area (Å²) in [6.07, 6.45) is 0.838. The van der Waals surface area contributed by atoms with Gasteiger partial charge in [0.15, 0.2) is 12.1 Å². The Balaban J connectivity index is 2.45. The maximum absolute atomic E-state index is 11.1. The molecule has 4 heteroatoms. The number of benzene rings is 1. The summed E-state index contributed by atoms with van der Waals surface area (Å²) in [5.41, 5.74) is 1.14. The third-order valence-corrected chi connectivity index (χ3v) is 3.93. The number of carbonyl (C=O) groups excluding carboxylic acids is 1. The van der Waals surface area contributed by atoms with Crippen LogP contribution in [0.4, 0.5) is 0 Å². The Bertz CT molecular complexity index is 561. The lowest BCUT2D eigenvalue weighted by Crippen LogP contribution is -2.06. The summed E-state index contributed by atoms with van der Waals surface area (Å²) in [6, 6.07) is 10.1. The lowest BCUT2D eigenvalue weighted by Gasteiger charge is -2.11. The number of aldehydes is 1. The zero-order valence-electron chi connectivity index (χ0n) is 11.5. The van der Waals surface area contributed by atoms with Crippen molar-refractivity contribution in [2.75, 3.05) is 0 Å². The van der Waals surface area contributed by atoms with E-state index in [1.54, 1.807) is 11.8 Å². The molecule has 2 rings (SSSR count). The molecule has 0 saturated heterocycles. The maximum atomic E-state index is 11.1. The van der Waals surface area contributed by atoms with Crippen LogP contribution in [-0.4, -0.2) is 15.8 Å². The number of rotatable bonds is 5. The largest absolute Gasteiger partial charge is 0.325 e. The molecule has 2 aromatic rings. The van der Waals surface area contributed by atoms with Crippen molar-refractivity contribution in [2.24, 2.45) is 0 Å². The molecule has 0 aliphatic heterocycles. The minimum atomic E-state index is 0.340. The molecule has 0 spiro atoms. The van der Waals surface area contributed by atoms with Crippen LogP contribution in [0, 0.1) is 0 Å². The molecular formula is C15H18N2OS. The fourth-order valence-electron chi connectivity index (χ4n) is 2.12. The zero-order valence-corrected chi connectivity index (χ0v) is 12.3. The van der Waals surface area contributed by atoms with Crippen molar-refractivity contribution >= 4 is 18.0 Å². The molecule has 0 unspecified atom stereocenters. The van der Waals surface area contributed by atoms with Gasteiger partial charge < -0.3 is 4.57 Å². The highest BCUT2D eigenvalue weighted by atomic mass is 32.2. The van der Waals surface area contributed by atoms with Gasteiger partial charge in [0, 0.05) is 11.4 Å². The summed E-state index contributed by atoms with van der Waals surface area (Å²) < 4.78 is 2.00. The van der Waals surface area contributed by atoms with E-state index in [-0.39, 0.29) is 0 Å². The first-order valence-electron chi connectivity index (χ1n) is 6.45. The van der Waals surface area contributed by atoms with Gasteiger partial charge in [-0.3, -0.25) is 4.79 Å². The number of nitrogens with zero attached hydrogens (tertiary/aromatic N) is 2. The number of hydrogen-bond donors (Lipinski definition) is 0. The van der Waals surface area contributed by atoms with Crippen LogP contribution < -0.4 is 0 Å². The molecule has 0 amide bonds. The van der Waals surface area contributed by atoms with Crippen LogP contribution in [0.2, 0.25) is 0 Å². The van der Waals surface area contributed by atoms with Gasteiger partial charge in [0.2, 0.25) is 0 Å². The Morgan fingerprint density at radius 1 is 1.32 bits per heavy atom. The van der Waals surface area contributed by atoms with Crippen LogP contribution in [-0.2, 0) is 6.54 Å². The van der Waals surface area contributed by atoms with E-state index in [1.165, 1.54) is 0 Å². The smallest absolute Gasteiger partial charge is 0.185 e. The predicted molar refractivity (Wildman–Crippen MR) is 77.9 cm³/mol. The van der Waals surface area contributed by atoms with Crippen molar-refractivity contribution < 1.29 is 4.79 Å². The van der Waals surface area contributed by atoms with Crippen molar-refractivity contribution in [2.45, 2.75) is 43.2 Å². The fraction of sp³-hybridized carbons (Fsp3) is 0.333. The monoisotopic (exact) mass is 274 g/mol. The van der Waals surface area contributed by atoms with Crippen LogP contribution >= 0.6 is 11.8 Å². The third-order valence-electron chi connectivity index (χ3n) is 2.93. The van der Waals surface area contributed by atoms with Crippen molar-refractivity contribution in [3.63, 3.8) is 0 Å². The van der Waals surface area contributed by atoms with Gasteiger partial charge in [-0.2, -0.15) is 0 Å². The van der Waals surface area contributed by atoms with Gasteiger partial charge in [0.05, 0.1) is 5.69 Å². The molecule has 1 aromatic heterocycles. The van der Waals surface area contributed by atoms with Crippen LogP contribution in [0.5, 0.6) is 0 Å². The molecule has 3 nitrogen and oxygen atoms in total. The van der Waals surface area contributed by atoms with Crippen molar-refractivity contribution in [1.29, 1.82) is 0 Å². The second kappa shape index (κ2) is 6.06. The van der Waals surface area contributed by atoms with Crippen LogP contribution in [0.3, 0.4) is 0 Å². The van der Waals surface area contributed by atoms with Crippen LogP contribution in [0.15, 0.2) is 40.3 Å². The molecule has 0 fully saturated rings. The first-order chi connectivity index (χ1) is 9.17. The standard InChI is InChI=1S/C15H18N2OS/c1-4-17-13(10-18)16-15(14(17)11(2)3)19-12-8-6-5-7-9-12/h5-11H,4H2,1-3H3. The van der Waals surface area contributed by atoms with Gasteiger partial charge in [-0.15, -0.1) is 0 Å². The number of hydrogen-bond acceptors (Lipinski definition) is 3. The van der Waals surface area contributed by atoms with Gasteiger partial charge in [-0.25, -0.2) is 4.98 Å². The molecule has 0 radical (unpaired) electrons. The Morgan fingerprint density at radius 3 is 2.53 bits per heavy atom. The maximum Gasteiger partial charge on any atom is 0.185 e. The van der Waals surface area contributed by atoms with Crippen molar-refractivity contribution in [3.8, 4) is 0 Å². The molecular weight excluding hydrogens is 256 g/mol. The summed E-state index contributed by atoms with van der Waals surface area (Å²) in [5.74, 6) is 0.858. The summed E-state index contributed by atoms with van der Waals surface area (Å²) in [6.45, 7) is 7.07. The highest BCUT2D eigenvalue weighted by molar-refractivity contribution is 7.99. The molecule has 0 bridgehead atoms. The normalized spacial score (nSPS) is 10.9. The highest BCUT2D eigenvalue weighted by Gasteiger charge is 2.19. The van der Waals surface area contributed by atoms with Gasteiger partial charge in [0.1, 0.15) is 5.03 Å². The summed E-state index contributed by atoms with van der Waals surface area (Å²) in [7, 11) is 0. The van der Waals surface area contributed by atoms with Gasteiger partial charge >= 0.3 is 0 Å². The average Bonchev–Trinajstić information content (AvgIpc) is 2.77. The Labute approximate surface area is 118 Å². The molecule has 1 aromatic carbocycles.